The monoisotopic (exact) mass is 236 g/mol. The summed E-state index contributed by atoms with van der Waals surface area (Å²) >= 11 is 0. The Kier molecular flexibility index (Phi) is 2.41. The fraction of sp³-hybridized carbons (Fsp3) is 0.0714. The smallest absolute Gasteiger partial charge is 0.124 e. The minimum Gasteiger partial charge on any atom is -0.384 e. The van der Waals surface area contributed by atoms with Gasteiger partial charge in [-0.2, -0.15) is 0 Å². The van der Waals surface area contributed by atoms with Crippen LogP contribution in [0.1, 0.15) is 5.56 Å². The number of nitrogens with two attached hydrogens (primary N) is 1. The van der Waals surface area contributed by atoms with E-state index < -0.39 is 0 Å². The number of hydrogen-bond donors (Lipinski definition) is 1. The molecule has 3 aromatic rings. The Bertz CT molecular complexity index is 722. The van der Waals surface area contributed by atoms with Crippen molar-refractivity contribution in [3.8, 4) is 11.3 Å². The minimum atomic E-state index is 0.494. The van der Waals surface area contributed by atoms with Crippen molar-refractivity contribution >= 4 is 16.6 Å². The Balaban J connectivity index is 2.39. The Morgan fingerprint density at radius 2 is 1.83 bits per heavy atom. The van der Waals surface area contributed by atoms with Gasteiger partial charge in [-0.3, -0.25) is 9.97 Å². The highest BCUT2D eigenvalue weighted by Crippen LogP contribution is 2.29. The zero-order chi connectivity index (χ0) is 12.5. The van der Waals surface area contributed by atoms with E-state index in [0.717, 1.165) is 27.6 Å². The number of anilines is 1. The van der Waals surface area contributed by atoms with Crippen LogP contribution in [0.15, 0.2) is 43.0 Å². The van der Waals surface area contributed by atoms with Crippen LogP contribution in [0.3, 0.4) is 0 Å². The van der Waals surface area contributed by atoms with E-state index in [1.807, 2.05) is 31.3 Å². The van der Waals surface area contributed by atoms with Gasteiger partial charge in [0.1, 0.15) is 5.82 Å². The highest BCUT2D eigenvalue weighted by atomic mass is 14.8. The summed E-state index contributed by atoms with van der Waals surface area (Å²) in [6.45, 7) is 2.04. The largest absolute Gasteiger partial charge is 0.384 e. The van der Waals surface area contributed by atoms with E-state index in [9.17, 15) is 0 Å². The molecular formula is C14H12N4. The summed E-state index contributed by atoms with van der Waals surface area (Å²) in [5.41, 5.74) is 8.84. The predicted octanol–water partition coefficient (Wildman–Crippen LogP) is 2.58. The van der Waals surface area contributed by atoms with Crippen LogP contribution in [0.25, 0.3) is 22.0 Å². The molecule has 0 atom stereocenters. The van der Waals surface area contributed by atoms with Crippen LogP contribution >= 0.6 is 0 Å². The van der Waals surface area contributed by atoms with Gasteiger partial charge in [-0.15, -0.1) is 0 Å². The average Bonchev–Trinajstić information content (AvgIpc) is 2.38. The van der Waals surface area contributed by atoms with Gasteiger partial charge in [0.25, 0.3) is 0 Å². The number of nitrogens with zero attached hydrogens (tertiary/aromatic N) is 3. The zero-order valence-electron chi connectivity index (χ0n) is 9.96. The summed E-state index contributed by atoms with van der Waals surface area (Å²) < 4.78 is 0. The third-order valence-electron chi connectivity index (χ3n) is 2.95. The lowest BCUT2D eigenvalue weighted by Gasteiger charge is -2.09. The molecule has 0 aliphatic carbocycles. The normalized spacial score (nSPS) is 10.7. The number of fused-ring (bicyclic) bond motifs is 1. The minimum absolute atomic E-state index is 0.494. The van der Waals surface area contributed by atoms with Crippen molar-refractivity contribution in [2.24, 2.45) is 0 Å². The topological polar surface area (TPSA) is 64.7 Å². The van der Waals surface area contributed by atoms with Crippen molar-refractivity contribution in [1.82, 2.24) is 15.0 Å². The zero-order valence-corrected chi connectivity index (χ0v) is 9.96. The molecule has 0 aromatic carbocycles. The summed E-state index contributed by atoms with van der Waals surface area (Å²) in [7, 11) is 0. The molecule has 4 nitrogen and oxygen atoms in total. The first-order chi connectivity index (χ1) is 8.75. The fourth-order valence-corrected chi connectivity index (χ4v) is 2.04. The van der Waals surface area contributed by atoms with E-state index in [1.165, 1.54) is 0 Å². The third-order valence-corrected chi connectivity index (χ3v) is 2.95. The van der Waals surface area contributed by atoms with Crippen molar-refractivity contribution in [3.05, 3.63) is 48.5 Å². The summed E-state index contributed by atoms with van der Waals surface area (Å²) in [4.78, 5) is 12.7. The lowest BCUT2D eigenvalue weighted by molar-refractivity contribution is 1.26. The molecule has 0 saturated heterocycles. The van der Waals surface area contributed by atoms with E-state index in [4.69, 9.17) is 5.73 Å². The third kappa shape index (κ3) is 1.68. The van der Waals surface area contributed by atoms with E-state index >= 15 is 0 Å². The van der Waals surface area contributed by atoms with E-state index in [-0.39, 0.29) is 0 Å². The molecule has 3 aromatic heterocycles. The number of hydrogen-bond acceptors (Lipinski definition) is 4. The molecule has 3 rings (SSSR count). The molecular weight excluding hydrogens is 224 g/mol. The predicted molar refractivity (Wildman–Crippen MR) is 71.9 cm³/mol. The highest BCUT2D eigenvalue weighted by molar-refractivity contribution is 5.95. The van der Waals surface area contributed by atoms with Gasteiger partial charge >= 0.3 is 0 Å². The van der Waals surface area contributed by atoms with Gasteiger partial charge < -0.3 is 5.73 Å². The van der Waals surface area contributed by atoms with Crippen molar-refractivity contribution in [2.45, 2.75) is 6.92 Å². The molecule has 0 spiro atoms. The van der Waals surface area contributed by atoms with Gasteiger partial charge in [0.15, 0.2) is 0 Å². The van der Waals surface area contributed by atoms with Crippen LogP contribution in [0.2, 0.25) is 0 Å². The summed E-state index contributed by atoms with van der Waals surface area (Å²) in [6, 6.07) is 5.74. The first kappa shape index (κ1) is 10.7. The second-order valence-corrected chi connectivity index (χ2v) is 4.18. The van der Waals surface area contributed by atoms with Gasteiger partial charge in [-0.1, -0.05) is 0 Å². The van der Waals surface area contributed by atoms with Crippen molar-refractivity contribution in [2.75, 3.05) is 5.73 Å². The molecule has 88 valence electrons. The van der Waals surface area contributed by atoms with Crippen LogP contribution in [0, 0.1) is 6.92 Å². The van der Waals surface area contributed by atoms with E-state index in [1.54, 1.807) is 18.6 Å². The second kappa shape index (κ2) is 4.07. The second-order valence-electron chi connectivity index (χ2n) is 4.18. The molecule has 0 unspecified atom stereocenters. The van der Waals surface area contributed by atoms with Gasteiger partial charge in [-0.05, 0) is 30.7 Å². The summed E-state index contributed by atoms with van der Waals surface area (Å²) in [6.07, 6.45) is 7.14. The number of aromatic nitrogens is 3. The van der Waals surface area contributed by atoms with Gasteiger partial charge in [0.05, 0.1) is 5.69 Å². The SMILES string of the molecule is Cc1ccncc1-c1nc(N)cc2cnccc12. The molecule has 2 N–H and O–H groups in total. The van der Waals surface area contributed by atoms with Crippen molar-refractivity contribution in [1.29, 1.82) is 0 Å². The lowest BCUT2D eigenvalue weighted by atomic mass is 10.0. The highest BCUT2D eigenvalue weighted by Gasteiger charge is 2.09. The molecule has 4 heteroatoms. The average molecular weight is 236 g/mol. The summed E-state index contributed by atoms with van der Waals surface area (Å²) in [5.74, 6) is 0.494. The molecule has 0 aliphatic heterocycles. The van der Waals surface area contributed by atoms with Crippen molar-refractivity contribution in [3.63, 3.8) is 0 Å². The molecule has 18 heavy (non-hydrogen) atoms. The van der Waals surface area contributed by atoms with Gasteiger partial charge in [-0.25, -0.2) is 4.98 Å². The molecule has 0 bridgehead atoms. The summed E-state index contributed by atoms with van der Waals surface area (Å²) in [5, 5.41) is 2.03. The van der Waals surface area contributed by atoms with Crippen LogP contribution < -0.4 is 5.73 Å². The lowest BCUT2D eigenvalue weighted by Crippen LogP contribution is -1.96. The Hall–Kier alpha value is -2.49. The molecule has 0 amide bonds. The van der Waals surface area contributed by atoms with Crippen LogP contribution in [-0.2, 0) is 0 Å². The molecule has 0 radical (unpaired) electrons. The Morgan fingerprint density at radius 3 is 2.67 bits per heavy atom. The Labute approximate surface area is 105 Å². The number of pyridine rings is 3. The molecule has 0 saturated carbocycles. The maximum atomic E-state index is 5.85. The maximum Gasteiger partial charge on any atom is 0.124 e. The van der Waals surface area contributed by atoms with E-state index in [2.05, 4.69) is 15.0 Å². The number of aryl methyl sites for hydroxylation is 1. The fourth-order valence-electron chi connectivity index (χ4n) is 2.04. The number of rotatable bonds is 1. The maximum absolute atomic E-state index is 5.85. The molecule has 3 heterocycles. The van der Waals surface area contributed by atoms with Gasteiger partial charge in [0, 0.05) is 41.1 Å². The molecule has 0 aliphatic rings. The Morgan fingerprint density at radius 1 is 1.06 bits per heavy atom. The standard InChI is InChI=1S/C14H12N4/c1-9-2-4-17-8-12(9)14-11-3-5-16-7-10(11)6-13(15)18-14/h2-8H,1H3,(H2,15,18). The van der Waals surface area contributed by atoms with Gasteiger partial charge in [0.2, 0.25) is 0 Å². The first-order valence-electron chi connectivity index (χ1n) is 5.67. The van der Waals surface area contributed by atoms with Crippen molar-refractivity contribution < 1.29 is 0 Å². The van der Waals surface area contributed by atoms with Crippen LogP contribution in [0.5, 0.6) is 0 Å². The molecule has 0 fully saturated rings. The first-order valence-corrected chi connectivity index (χ1v) is 5.67. The van der Waals surface area contributed by atoms with E-state index in [0.29, 0.717) is 5.82 Å². The van der Waals surface area contributed by atoms with Crippen LogP contribution in [0.4, 0.5) is 5.82 Å². The van der Waals surface area contributed by atoms with Crippen LogP contribution in [-0.4, -0.2) is 15.0 Å². The quantitative estimate of drug-likeness (QED) is 0.705. The number of nitrogen functional groups attached to an aromatic ring is 1.